The molecule has 2 aromatic heterocycles. The molecule has 0 aliphatic carbocycles. The van der Waals surface area contributed by atoms with Crippen molar-refractivity contribution in [2.24, 2.45) is 0 Å². The minimum absolute atomic E-state index is 0.0119. The summed E-state index contributed by atoms with van der Waals surface area (Å²) < 4.78 is 49.3. The molecule has 0 aliphatic heterocycles. The molecule has 0 aliphatic rings. The van der Waals surface area contributed by atoms with Crippen LogP contribution in [0.3, 0.4) is 0 Å². The second-order valence-corrected chi connectivity index (χ2v) is 7.50. The second-order valence-electron chi connectivity index (χ2n) is 6.66. The molecule has 0 bridgehead atoms. The van der Waals surface area contributed by atoms with E-state index >= 15 is 0 Å². The number of alkyl halides is 3. The lowest BCUT2D eigenvalue weighted by atomic mass is 10.1. The molecular formula is C20H18F3N3O4S. The summed E-state index contributed by atoms with van der Waals surface area (Å²) in [6.07, 6.45) is -4.55. The van der Waals surface area contributed by atoms with Crippen LogP contribution in [0.5, 0.6) is 0 Å². The van der Waals surface area contributed by atoms with Crippen LogP contribution in [0.15, 0.2) is 34.2 Å². The van der Waals surface area contributed by atoms with Gasteiger partial charge in [0.2, 0.25) is 5.91 Å². The number of anilines is 2. The maximum atomic E-state index is 13.0. The molecule has 3 rings (SSSR count). The molecule has 0 saturated carbocycles. The highest BCUT2D eigenvalue weighted by atomic mass is 32.1. The lowest BCUT2D eigenvalue weighted by Crippen LogP contribution is -2.23. The van der Waals surface area contributed by atoms with E-state index in [4.69, 9.17) is 9.26 Å². The Morgan fingerprint density at radius 1 is 1.26 bits per heavy atom. The van der Waals surface area contributed by atoms with Crippen molar-refractivity contribution in [3.8, 4) is 0 Å². The fourth-order valence-electron chi connectivity index (χ4n) is 2.82. The highest BCUT2D eigenvalue weighted by Crippen LogP contribution is 2.35. The van der Waals surface area contributed by atoms with Crippen molar-refractivity contribution in [3.63, 3.8) is 0 Å². The van der Waals surface area contributed by atoms with E-state index in [1.807, 2.05) is 0 Å². The van der Waals surface area contributed by atoms with E-state index < -0.39 is 23.6 Å². The monoisotopic (exact) mass is 453 g/mol. The van der Waals surface area contributed by atoms with Crippen molar-refractivity contribution in [2.45, 2.75) is 40.0 Å². The standard InChI is InChI=1S/C20H18F3N3O4S/c1-11-17(12(2)30-25-11)8-18(28)29-9-15-10-31-19(24-15)26(13(3)27)16-6-4-5-14(7-16)20(21,22)23/h4-7,10H,8-9H2,1-3H3. The Morgan fingerprint density at radius 3 is 2.61 bits per heavy atom. The summed E-state index contributed by atoms with van der Waals surface area (Å²) in [5.41, 5.74) is 0.782. The van der Waals surface area contributed by atoms with Crippen LogP contribution in [0.2, 0.25) is 0 Å². The van der Waals surface area contributed by atoms with Crippen molar-refractivity contribution >= 4 is 34.0 Å². The smallest absolute Gasteiger partial charge is 0.416 e. The molecule has 0 N–H and O–H groups in total. The fourth-order valence-corrected chi connectivity index (χ4v) is 3.69. The molecular weight excluding hydrogens is 435 g/mol. The van der Waals surface area contributed by atoms with Crippen LogP contribution in [0.4, 0.5) is 24.0 Å². The first-order valence-electron chi connectivity index (χ1n) is 9.06. The number of carbonyl (C=O) groups is 2. The van der Waals surface area contributed by atoms with Crippen molar-refractivity contribution < 1.29 is 32.0 Å². The van der Waals surface area contributed by atoms with Gasteiger partial charge in [-0.05, 0) is 32.0 Å². The van der Waals surface area contributed by atoms with Gasteiger partial charge in [-0.2, -0.15) is 13.2 Å². The lowest BCUT2D eigenvalue weighted by Gasteiger charge is -2.19. The fraction of sp³-hybridized carbons (Fsp3) is 0.300. The molecule has 1 aromatic carbocycles. The summed E-state index contributed by atoms with van der Waals surface area (Å²) in [7, 11) is 0. The van der Waals surface area contributed by atoms with Crippen LogP contribution in [-0.4, -0.2) is 22.0 Å². The zero-order valence-electron chi connectivity index (χ0n) is 16.8. The minimum atomic E-state index is -4.54. The summed E-state index contributed by atoms with van der Waals surface area (Å²) in [4.78, 5) is 29.6. The summed E-state index contributed by atoms with van der Waals surface area (Å²) in [5.74, 6) is -0.482. The molecule has 31 heavy (non-hydrogen) atoms. The van der Waals surface area contributed by atoms with Gasteiger partial charge in [-0.3, -0.25) is 14.5 Å². The highest BCUT2D eigenvalue weighted by molar-refractivity contribution is 7.14. The van der Waals surface area contributed by atoms with Crippen LogP contribution in [0.25, 0.3) is 0 Å². The first kappa shape index (κ1) is 22.5. The molecule has 1 amide bonds. The second kappa shape index (κ2) is 8.88. The van der Waals surface area contributed by atoms with Gasteiger partial charge < -0.3 is 9.26 Å². The van der Waals surface area contributed by atoms with E-state index in [2.05, 4.69) is 10.1 Å². The summed E-state index contributed by atoms with van der Waals surface area (Å²) in [6, 6.07) is 4.42. The van der Waals surface area contributed by atoms with E-state index in [-0.39, 0.29) is 23.8 Å². The SMILES string of the molecule is CC(=O)N(c1cccc(C(F)(F)F)c1)c1nc(COC(=O)Cc2c(C)noc2C)cs1. The number of aryl methyl sites for hydroxylation is 2. The first-order chi connectivity index (χ1) is 14.6. The number of benzene rings is 1. The van der Waals surface area contributed by atoms with Gasteiger partial charge in [0, 0.05) is 17.9 Å². The molecule has 0 radical (unpaired) electrons. The number of halogens is 3. The van der Waals surface area contributed by atoms with Crippen LogP contribution < -0.4 is 4.90 Å². The number of amides is 1. The molecule has 0 spiro atoms. The van der Waals surface area contributed by atoms with Gasteiger partial charge in [0.25, 0.3) is 0 Å². The third kappa shape index (κ3) is 5.29. The van der Waals surface area contributed by atoms with Gasteiger partial charge in [0.15, 0.2) is 5.13 Å². The van der Waals surface area contributed by atoms with Crippen LogP contribution in [-0.2, 0) is 33.5 Å². The number of esters is 1. The van der Waals surface area contributed by atoms with Crippen molar-refractivity contribution in [3.05, 3.63) is 57.9 Å². The Hall–Kier alpha value is -3.21. The molecule has 0 atom stereocenters. The number of hydrogen-bond donors (Lipinski definition) is 0. The quantitative estimate of drug-likeness (QED) is 0.502. The molecule has 7 nitrogen and oxygen atoms in total. The predicted molar refractivity (Wildman–Crippen MR) is 106 cm³/mol. The maximum absolute atomic E-state index is 13.0. The van der Waals surface area contributed by atoms with Gasteiger partial charge in [-0.25, -0.2) is 4.98 Å². The first-order valence-corrected chi connectivity index (χ1v) is 9.94. The van der Waals surface area contributed by atoms with Gasteiger partial charge in [-0.15, -0.1) is 11.3 Å². The van der Waals surface area contributed by atoms with Crippen LogP contribution >= 0.6 is 11.3 Å². The molecule has 164 valence electrons. The van der Waals surface area contributed by atoms with Gasteiger partial charge >= 0.3 is 12.1 Å². The van der Waals surface area contributed by atoms with Crippen molar-refractivity contribution in [1.82, 2.24) is 10.1 Å². The van der Waals surface area contributed by atoms with Crippen molar-refractivity contribution in [1.29, 1.82) is 0 Å². The number of thiazole rings is 1. The Morgan fingerprint density at radius 2 is 2.00 bits per heavy atom. The Bertz CT molecular complexity index is 1090. The van der Waals surface area contributed by atoms with E-state index in [0.29, 0.717) is 22.7 Å². The van der Waals surface area contributed by atoms with Gasteiger partial charge in [0.1, 0.15) is 12.4 Å². The zero-order valence-corrected chi connectivity index (χ0v) is 17.6. The largest absolute Gasteiger partial charge is 0.459 e. The Balaban J connectivity index is 1.72. The molecule has 0 saturated heterocycles. The van der Waals surface area contributed by atoms with E-state index in [9.17, 15) is 22.8 Å². The Labute approximate surface area is 179 Å². The molecule has 2 heterocycles. The molecule has 3 aromatic rings. The summed E-state index contributed by atoms with van der Waals surface area (Å²) in [5, 5.41) is 5.52. The topological polar surface area (TPSA) is 85.5 Å². The summed E-state index contributed by atoms with van der Waals surface area (Å²) >= 11 is 1.05. The Kier molecular flexibility index (Phi) is 6.44. The zero-order chi connectivity index (χ0) is 22.8. The number of ether oxygens (including phenoxy) is 1. The van der Waals surface area contributed by atoms with E-state index in [1.54, 1.807) is 19.2 Å². The van der Waals surface area contributed by atoms with Gasteiger partial charge in [0.05, 0.1) is 29.1 Å². The van der Waals surface area contributed by atoms with E-state index in [1.165, 1.54) is 19.1 Å². The summed E-state index contributed by atoms with van der Waals surface area (Å²) in [6.45, 7) is 4.49. The average molecular weight is 453 g/mol. The van der Waals surface area contributed by atoms with Crippen LogP contribution in [0, 0.1) is 13.8 Å². The molecule has 0 fully saturated rings. The van der Waals surface area contributed by atoms with E-state index in [0.717, 1.165) is 28.4 Å². The normalized spacial score (nSPS) is 11.4. The van der Waals surface area contributed by atoms with Gasteiger partial charge in [-0.1, -0.05) is 11.2 Å². The number of carbonyl (C=O) groups excluding carboxylic acids is 2. The minimum Gasteiger partial charge on any atom is -0.459 e. The van der Waals surface area contributed by atoms with Crippen molar-refractivity contribution in [2.75, 3.05) is 4.90 Å². The third-order valence-corrected chi connectivity index (χ3v) is 5.24. The lowest BCUT2D eigenvalue weighted by molar-refractivity contribution is -0.144. The third-order valence-electron chi connectivity index (χ3n) is 4.36. The number of hydrogen-bond acceptors (Lipinski definition) is 7. The average Bonchev–Trinajstić information content (AvgIpc) is 3.28. The molecule has 11 heteroatoms. The number of rotatable bonds is 6. The number of aromatic nitrogens is 2. The maximum Gasteiger partial charge on any atom is 0.416 e. The number of nitrogens with zero attached hydrogens (tertiary/aromatic N) is 3. The van der Waals surface area contributed by atoms with Crippen LogP contribution in [0.1, 0.15) is 35.2 Å². The highest BCUT2D eigenvalue weighted by Gasteiger charge is 2.31. The predicted octanol–water partition coefficient (Wildman–Crippen LogP) is 4.74. The molecule has 0 unspecified atom stereocenters.